The summed E-state index contributed by atoms with van der Waals surface area (Å²) in [4.78, 5) is 2.56. The number of nitrogens with zero attached hydrogens (tertiary/aromatic N) is 1. The van der Waals surface area contributed by atoms with E-state index in [0.29, 0.717) is 0 Å². The van der Waals surface area contributed by atoms with Gasteiger partial charge in [-0.2, -0.15) is 0 Å². The number of anilines is 1. The summed E-state index contributed by atoms with van der Waals surface area (Å²) in [6.45, 7) is 2.85. The Hall–Kier alpha value is -1.22. The quantitative estimate of drug-likeness (QED) is 0.911. The fourth-order valence-corrected chi connectivity index (χ4v) is 3.35. The molecular formula is C17H26N2O. The van der Waals surface area contributed by atoms with Gasteiger partial charge in [0.15, 0.2) is 0 Å². The molecule has 110 valence electrons. The van der Waals surface area contributed by atoms with Crippen LogP contribution in [-0.4, -0.2) is 37.7 Å². The van der Waals surface area contributed by atoms with Crippen molar-refractivity contribution in [1.82, 2.24) is 4.90 Å². The van der Waals surface area contributed by atoms with Crippen LogP contribution in [0.5, 0.6) is 5.75 Å². The summed E-state index contributed by atoms with van der Waals surface area (Å²) in [5.74, 6) is 1.00. The van der Waals surface area contributed by atoms with Crippen molar-refractivity contribution in [3.8, 4) is 5.75 Å². The number of benzene rings is 1. The third-order valence-electron chi connectivity index (χ3n) is 4.67. The van der Waals surface area contributed by atoms with E-state index in [9.17, 15) is 0 Å². The second-order valence-corrected chi connectivity index (χ2v) is 6.13. The van der Waals surface area contributed by atoms with Crippen molar-refractivity contribution < 1.29 is 4.74 Å². The molecule has 0 saturated heterocycles. The van der Waals surface area contributed by atoms with Gasteiger partial charge in [-0.3, -0.25) is 0 Å². The van der Waals surface area contributed by atoms with Crippen molar-refractivity contribution in [2.45, 2.75) is 44.6 Å². The number of ether oxygens (including phenoxy) is 1. The van der Waals surface area contributed by atoms with Gasteiger partial charge in [0.1, 0.15) is 12.4 Å². The van der Waals surface area contributed by atoms with Crippen LogP contribution in [0.15, 0.2) is 18.2 Å². The molecule has 3 nitrogen and oxygen atoms in total. The molecule has 0 bridgehead atoms. The zero-order chi connectivity index (χ0) is 13.8. The monoisotopic (exact) mass is 274 g/mol. The maximum Gasteiger partial charge on any atom is 0.142 e. The molecule has 1 N–H and O–H groups in total. The van der Waals surface area contributed by atoms with Crippen LogP contribution >= 0.6 is 0 Å². The van der Waals surface area contributed by atoms with Crippen LogP contribution in [0.2, 0.25) is 0 Å². The van der Waals surface area contributed by atoms with Gasteiger partial charge in [-0.05, 0) is 44.0 Å². The maximum atomic E-state index is 5.63. The Morgan fingerprint density at radius 3 is 2.95 bits per heavy atom. The molecular weight excluding hydrogens is 248 g/mol. The fourth-order valence-electron chi connectivity index (χ4n) is 3.35. The van der Waals surface area contributed by atoms with Crippen LogP contribution < -0.4 is 10.1 Å². The Labute approximate surface area is 122 Å². The molecule has 0 amide bonds. The normalized spacial score (nSPS) is 19.3. The topological polar surface area (TPSA) is 24.5 Å². The van der Waals surface area contributed by atoms with Crippen LogP contribution in [-0.2, 0) is 6.42 Å². The number of nitrogens with one attached hydrogen (secondary N) is 1. The van der Waals surface area contributed by atoms with E-state index >= 15 is 0 Å². The summed E-state index contributed by atoms with van der Waals surface area (Å²) in [5.41, 5.74) is 2.57. The van der Waals surface area contributed by atoms with E-state index in [1.807, 2.05) is 0 Å². The molecule has 0 unspecified atom stereocenters. The average molecular weight is 274 g/mol. The second-order valence-electron chi connectivity index (χ2n) is 6.13. The van der Waals surface area contributed by atoms with Crippen LogP contribution in [0, 0.1) is 0 Å². The van der Waals surface area contributed by atoms with Gasteiger partial charge in [0, 0.05) is 19.1 Å². The Morgan fingerprint density at radius 2 is 2.10 bits per heavy atom. The summed E-state index contributed by atoms with van der Waals surface area (Å²) >= 11 is 0. The number of hydrogen-bond acceptors (Lipinski definition) is 3. The van der Waals surface area contributed by atoms with Crippen molar-refractivity contribution >= 4 is 5.69 Å². The van der Waals surface area contributed by atoms with Gasteiger partial charge in [-0.15, -0.1) is 0 Å². The highest BCUT2D eigenvalue weighted by Crippen LogP contribution is 2.28. The van der Waals surface area contributed by atoms with Crippen molar-refractivity contribution in [2.24, 2.45) is 0 Å². The number of hydrogen-bond donors (Lipinski definition) is 1. The molecule has 0 radical (unpaired) electrons. The highest BCUT2D eigenvalue weighted by Gasteiger charge is 2.17. The molecule has 1 aliphatic heterocycles. The Morgan fingerprint density at radius 1 is 1.25 bits per heavy atom. The third-order valence-corrected chi connectivity index (χ3v) is 4.67. The number of rotatable bonds is 4. The minimum atomic E-state index is 0.775. The number of fused-ring (bicyclic) bond motifs is 1. The molecule has 1 heterocycles. The molecule has 1 aromatic carbocycles. The van der Waals surface area contributed by atoms with Gasteiger partial charge >= 0.3 is 0 Å². The first-order chi connectivity index (χ1) is 9.83. The molecule has 2 aliphatic rings. The zero-order valence-electron chi connectivity index (χ0n) is 12.5. The summed E-state index contributed by atoms with van der Waals surface area (Å²) in [5, 5.41) is 3.42. The lowest BCUT2D eigenvalue weighted by molar-refractivity contribution is 0.194. The SMILES string of the molecule is CN(CCc1ccc2c(c1)NCCO2)C1CCCCC1. The van der Waals surface area contributed by atoms with Crippen LogP contribution in [0.4, 0.5) is 5.69 Å². The molecule has 3 heteroatoms. The Kier molecular flexibility index (Phi) is 4.46. The molecule has 20 heavy (non-hydrogen) atoms. The van der Waals surface area contributed by atoms with Gasteiger partial charge in [-0.25, -0.2) is 0 Å². The molecule has 0 aromatic heterocycles. The van der Waals surface area contributed by atoms with Crippen LogP contribution in [0.3, 0.4) is 0 Å². The van der Waals surface area contributed by atoms with E-state index in [-0.39, 0.29) is 0 Å². The van der Waals surface area contributed by atoms with E-state index in [2.05, 4.69) is 35.5 Å². The molecule has 0 atom stereocenters. The van der Waals surface area contributed by atoms with E-state index in [4.69, 9.17) is 4.74 Å². The highest BCUT2D eigenvalue weighted by molar-refractivity contribution is 5.59. The number of likely N-dealkylation sites (N-methyl/N-ethyl adjacent to an activating group) is 1. The molecule has 1 fully saturated rings. The van der Waals surface area contributed by atoms with E-state index in [0.717, 1.165) is 43.6 Å². The van der Waals surface area contributed by atoms with Gasteiger partial charge in [-0.1, -0.05) is 25.3 Å². The van der Waals surface area contributed by atoms with E-state index in [1.54, 1.807) is 0 Å². The van der Waals surface area contributed by atoms with Crippen molar-refractivity contribution in [3.63, 3.8) is 0 Å². The first-order valence-corrected chi connectivity index (χ1v) is 8.03. The third kappa shape index (κ3) is 3.26. The average Bonchev–Trinajstić information content (AvgIpc) is 2.53. The Bertz CT molecular complexity index is 441. The minimum Gasteiger partial charge on any atom is -0.490 e. The highest BCUT2D eigenvalue weighted by atomic mass is 16.5. The van der Waals surface area contributed by atoms with Gasteiger partial charge in [0.05, 0.1) is 5.69 Å². The fraction of sp³-hybridized carbons (Fsp3) is 0.647. The van der Waals surface area contributed by atoms with Gasteiger partial charge in [0.2, 0.25) is 0 Å². The second kappa shape index (κ2) is 6.49. The lowest BCUT2D eigenvalue weighted by Gasteiger charge is -2.31. The van der Waals surface area contributed by atoms with Crippen molar-refractivity contribution in [2.75, 3.05) is 32.1 Å². The molecule has 0 spiro atoms. The van der Waals surface area contributed by atoms with Crippen molar-refractivity contribution in [3.05, 3.63) is 23.8 Å². The predicted octanol–water partition coefficient (Wildman–Crippen LogP) is 3.30. The molecule has 1 saturated carbocycles. The summed E-state index contributed by atoms with van der Waals surface area (Å²) < 4.78 is 5.63. The van der Waals surface area contributed by atoms with Gasteiger partial charge in [0.25, 0.3) is 0 Å². The first-order valence-electron chi connectivity index (χ1n) is 8.03. The summed E-state index contributed by atoms with van der Waals surface area (Å²) in [6, 6.07) is 7.38. The summed E-state index contributed by atoms with van der Waals surface area (Å²) in [7, 11) is 2.29. The van der Waals surface area contributed by atoms with Gasteiger partial charge < -0.3 is 15.0 Å². The Balaban J connectivity index is 1.55. The molecule has 1 aliphatic carbocycles. The molecule has 1 aromatic rings. The standard InChI is InChI=1S/C17H26N2O/c1-19(15-5-3-2-4-6-15)11-9-14-7-8-17-16(13-14)18-10-12-20-17/h7-8,13,15,18H,2-6,9-12H2,1H3. The lowest BCUT2D eigenvalue weighted by atomic mass is 9.94. The largest absolute Gasteiger partial charge is 0.490 e. The van der Waals surface area contributed by atoms with Crippen LogP contribution in [0.25, 0.3) is 0 Å². The molecule has 3 rings (SSSR count). The minimum absolute atomic E-state index is 0.775. The van der Waals surface area contributed by atoms with E-state index < -0.39 is 0 Å². The summed E-state index contributed by atoms with van der Waals surface area (Å²) in [6.07, 6.45) is 8.15. The maximum absolute atomic E-state index is 5.63. The van der Waals surface area contributed by atoms with Crippen LogP contribution in [0.1, 0.15) is 37.7 Å². The smallest absolute Gasteiger partial charge is 0.142 e. The lowest BCUT2D eigenvalue weighted by Crippen LogP contribution is -2.34. The first kappa shape index (κ1) is 13.7. The predicted molar refractivity (Wildman–Crippen MR) is 83.6 cm³/mol. The zero-order valence-corrected chi connectivity index (χ0v) is 12.5. The van der Waals surface area contributed by atoms with Crippen molar-refractivity contribution in [1.29, 1.82) is 0 Å². The van der Waals surface area contributed by atoms with E-state index in [1.165, 1.54) is 37.7 Å².